The van der Waals surface area contributed by atoms with Gasteiger partial charge in [0.2, 0.25) is 5.91 Å². The lowest BCUT2D eigenvalue weighted by molar-refractivity contribution is -0.123. The number of rotatable bonds is 7. The van der Waals surface area contributed by atoms with Crippen LogP contribution in [0.5, 0.6) is 11.5 Å². The molecule has 0 aliphatic carbocycles. The number of amides is 2. The highest BCUT2D eigenvalue weighted by molar-refractivity contribution is 5.99. The molecule has 0 aliphatic rings. The number of nitrogens with one attached hydrogen (secondary N) is 1. The van der Waals surface area contributed by atoms with E-state index in [9.17, 15) is 14.4 Å². The van der Waals surface area contributed by atoms with Crippen LogP contribution in [-0.4, -0.2) is 38.1 Å². The van der Waals surface area contributed by atoms with E-state index in [1.165, 1.54) is 51.5 Å². The molecule has 0 bridgehead atoms. The SMILES string of the molecule is COc1cccc(C(=O)O[C@@H](C)C(=O)Nc2ccc(C(N)=O)cc2)c1OC. The van der Waals surface area contributed by atoms with Crippen molar-refractivity contribution in [2.24, 2.45) is 5.73 Å². The van der Waals surface area contributed by atoms with Crippen LogP contribution in [0.3, 0.4) is 0 Å². The van der Waals surface area contributed by atoms with Crippen LogP contribution in [0.15, 0.2) is 42.5 Å². The number of nitrogens with two attached hydrogens (primary N) is 1. The summed E-state index contributed by atoms with van der Waals surface area (Å²) in [6, 6.07) is 10.8. The fourth-order valence-electron chi connectivity index (χ4n) is 2.29. The molecule has 2 amide bonds. The minimum absolute atomic E-state index is 0.141. The lowest BCUT2D eigenvalue weighted by Crippen LogP contribution is -2.30. The molecule has 8 nitrogen and oxygen atoms in total. The Bertz CT molecular complexity index is 848. The molecule has 0 saturated heterocycles. The summed E-state index contributed by atoms with van der Waals surface area (Å²) in [5.74, 6) is -1.23. The molecular weight excluding hydrogens is 352 g/mol. The number of carbonyl (C=O) groups excluding carboxylic acids is 3. The van der Waals surface area contributed by atoms with Crippen molar-refractivity contribution in [3.8, 4) is 11.5 Å². The molecule has 0 aliphatic heterocycles. The summed E-state index contributed by atoms with van der Waals surface area (Å²) in [4.78, 5) is 35.7. The smallest absolute Gasteiger partial charge is 0.342 e. The quantitative estimate of drug-likeness (QED) is 0.718. The predicted octanol–water partition coefficient (Wildman–Crippen LogP) is 1.99. The second kappa shape index (κ2) is 8.70. The van der Waals surface area contributed by atoms with Crippen LogP contribution < -0.4 is 20.5 Å². The molecule has 0 fully saturated rings. The molecule has 1 atom stereocenters. The van der Waals surface area contributed by atoms with Crippen molar-refractivity contribution in [1.29, 1.82) is 0 Å². The van der Waals surface area contributed by atoms with Gasteiger partial charge < -0.3 is 25.3 Å². The number of primary amides is 1. The Labute approximate surface area is 156 Å². The number of para-hydroxylation sites is 1. The summed E-state index contributed by atoms with van der Waals surface area (Å²) in [6.45, 7) is 1.44. The van der Waals surface area contributed by atoms with Gasteiger partial charge in [-0.1, -0.05) is 6.07 Å². The van der Waals surface area contributed by atoms with Gasteiger partial charge in [0, 0.05) is 11.3 Å². The Morgan fingerprint density at radius 3 is 2.22 bits per heavy atom. The van der Waals surface area contributed by atoms with E-state index in [0.717, 1.165) is 0 Å². The van der Waals surface area contributed by atoms with Crippen molar-refractivity contribution in [2.45, 2.75) is 13.0 Å². The molecule has 0 spiro atoms. The molecule has 27 heavy (non-hydrogen) atoms. The van der Waals surface area contributed by atoms with Crippen molar-refractivity contribution in [1.82, 2.24) is 0 Å². The standard InChI is InChI=1S/C19H20N2O6/c1-11(18(23)21-13-9-7-12(8-10-13)17(20)22)27-19(24)14-5-4-6-15(25-2)16(14)26-3/h4-11H,1-3H3,(H2,20,22)(H,21,23)/t11-/m0/s1. The zero-order valence-corrected chi connectivity index (χ0v) is 15.1. The minimum atomic E-state index is -1.07. The maximum absolute atomic E-state index is 12.4. The van der Waals surface area contributed by atoms with E-state index in [4.69, 9.17) is 19.9 Å². The Balaban J connectivity index is 2.05. The predicted molar refractivity (Wildman–Crippen MR) is 98.0 cm³/mol. The van der Waals surface area contributed by atoms with E-state index in [-0.39, 0.29) is 11.3 Å². The van der Waals surface area contributed by atoms with Gasteiger partial charge in [-0.05, 0) is 43.3 Å². The Morgan fingerprint density at radius 2 is 1.67 bits per heavy atom. The molecule has 2 aromatic carbocycles. The van der Waals surface area contributed by atoms with Gasteiger partial charge >= 0.3 is 5.97 Å². The van der Waals surface area contributed by atoms with Crippen molar-refractivity contribution in [3.63, 3.8) is 0 Å². The number of anilines is 1. The number of ether oxygens (including phenoxy) is 3. The highest BCUT2D eigenvalue weighted by Crippen LogP contribution is 2.31. The number of esters is 1. The monoisotopic (exact) mass is 372 g/mol. The number of benzene rings is 2. The first-order valence-electron chi connectivity index (χ1n) is 8.00. The fourth-order valence-corrected chi connectivity index (χ4v) is 2.29. The molecule has 8 heteroatoms. The van der Waals surface area contributed by atoms with Crippen LogP contribution in [0.25, 0.3) is 0 Å². The molecular formula is C19H20N2O6. The van der Waals surface area contributed by atoms with Crippen LogP contribution in [0.2, 0.25) is 0 Å². The Kier molecular flexibility index (Phi) is 6.37. The third-order valence-electron chi connectivity index (χ3n) is 3.71. The zero-order valence-electron chi connectivity index (χ0n) is 15.1. The first-order chi connectivity index (χ1) is 12.9. The van der Waals surface area contributed by atoms with Gasteiger partial charge in [-0.2, -0.15) is 0 Å². The van der Waals surface area contributed by atoms with Gasteiger partial charge in [-0.15, -0.1) is 0 Å². The van der Waals surface area contributed by atoms with E-state index in [0.29, 0.717) is 17.0 Å². The van der Waals surface area contributed by atoms with Crippen molar-refractivity contribution < 1.29 is 28.6 Å². The second-order valence-corrected chi connectivity index (χ2v) is 5.52. The largest absolute Gasteiger partial charge is 0.493 e. The number of hydrogen-bond donors (Lipinski definition) is 2. The molecule has 0 saturated carbocycles. The van der Waals surface area contributed by atoms with Crippen LogP contribution in [0, 0.1) is 0 Å². The molecule has 2 aromatic rings. The summed E-state index contributed by atoms with van der Waals surface area (Å²) in [7, 11) is 2.85. The lowest BCUT2D eigenvalue weighted by Gasteiger charge is -2.16. The van der Waals surface area contributed by atoms with Gasteiger partial charge in [0.15, 0.2) is 17.6 Å². The van der Waals surface area contributed by atoms with E-state index in [1.54, 1.807) is 12.1 Å². The highest BCUT2D eigenvalue weighted by atomic mass is 16.6. The summed E-state index contributed by atoms with van der Waals surface area (Å²) < 4.78 is 15.5. The highest BCUT2D eigenvalue weighted by Gasteiger charge is 2.23. The topological polar surface area (TPSA) is 117 Å². The van der Waals surface area contributed by atoms with Crippen molar-refractivity contribution in [3.05, 3.63) is 53.6 Å². The van der Waals surface area contributed by atoms with Crippen LogP contribution in [0.4, 0.5) is 5.69 Å². The van der Waals surface area contributed by atoms with E-state index in [1.807, 2.05) is 0 Å². The molecule has 0 aromatic heterocycles. The second-order valence-electron chi connectivity index (χ2n) is 5.52. The van der Waals surface area contributed by atoms with Gasteiger partial charge in [-0.3, -0.25) is 9.59 Å². The van der Waals surface area contributed by atoms with Gasteiger partial charge in [0.05, 0.1) is 14.2 Å². The molecule has 142 valence electrons. The Morgan fingerprint density at radius 1 is 1.00 bits per heavy atom. The van der Waals surface area contributed by atoms with E-state index >= 15 is 0 Å². The van der Waals surface area contributed by atoms with Crippen molar-refractivity contribution >= 4 is 23.5 Å². The first-order valence-corrected chi connectivity index (χ1v) is 8.00. The third kappa shape index (κ3) is 4.75. The number of methoxy groups -OCH3 is 2. The van der Waals surface area contributed by atoms with Crippen LogP contribution >= 0.6 is 0 Å². The summed E-state index contributed by atoms with van der Waals surface area (Å²) in [5.41, 5.74) is 6.06. The lowest BCUT2D eigenvalue weighted by atomic mass is 10.2. The third-order valence-corrected chi connectivity index (χ3v) is 3.71. The molecule has 0 unspecified atom stereocenters. The van der Waals surface area contributed by atoms with Gasteiger partial charge in [-0.25, -0.2) is 4.79 Å². The maximum Gasteiger partial charge on any atom is 0.342 e. The normalized spacial score (nSPS) is 11.2. The summed E-state index contributed by atoms with van der Waals surface area (Å²) >= 11 is 0. The van der Waals surface area contributed by atoms with E-state index in [2.05, 4.69) is 5.32 Å². The van der Waals surface area contributed by atoms with Crippen molar-refractivity contribution in [2.75, 3.05) is 19.5 Å². The molecule has 0 radical (unpaired) electrons. The summed E-state index contributed by atoms with van der Waals surface area (Å²) in [5, 5.41) is 2.59. The number of carbonyl (C=O) groups is 3. The molecule has 3 N–H and O–H groups in total. The van der Waals surface area contributed by atoms with Crippen LogP contribution in [-0.2, 0) is 9.53 Å². The van der Waals surface area contributed by atoms with Gasteiger partial charge in [0.1, 0.15) is 5.56 Å². The Hall–Kier alpha value is -3.55. The first kappa shape index (κ1) is 19.8. The number of hydrogen-bond acceptors (Lipinski definition) is 6. The zero-order chi connectivity index (χ0) is 20.0. The van der Waals surface area contributed by atoms with Crippen LogP contribution in [0.1, 0.15) is 27.6 Å². The molecule has 2 rings (SSSR count). The molecule has 0 heterocycles. The summed E-state index contributed by atoms with van der Waals surface area (Å²) in [6.07, 6.45) is -1.07. The van der Waals surface area contributed by atoms with Gasteiger partial charge in [0.25, 0.3) is 5.91 Å². The average molecular weight is 372 g/mol. The van der Waals surface area contributed by atoms with E-state index < -0.39 is 23.9 Å². The average Bonchev–Trinajstić information content (AvgIpc) is 2.67. The minimum Gasteiger partial charge on any atom is -0.493 e. The fraction of sp³-hybridized carbons (Fsp3) is 0.211. The maximum atomic E-state index is 12.4.